The van der Waals surface area contributed by atoms with Crippen LogP contribution in [0.25, 0.3) is 0 Å². The molecule has 1 aliphatic rings. The number of rotatable bonds is 5. The molecule has 1 heterocycles. The fourth-order valence-corrected chi connectivity index (χ4v) is 3.68. The number of methoxy groups -OCH3 is 1. The number of carbonyl (C=O) groups excluding carboxylic acids is 1. The molecule has 6 nitrogen and oxygen atoms in total. The van der Waals surface area contributed by atoms with Crippen molar-refractivity contribution in [3.8, 4) is 5.88 Å². The van der Waals surface area contributed by atoms with Gasteiger partial charge in [-0.2, -0.15) is 4.98 Å². The minimum absolute atomic E-state index is 0.306. The molecule has 1 aliphatic carbocycles. The van der Waals surface area contributed by atoms with Crippen LogP contribution in [0.4, 0.5) is 16.3 Å². The Labute approximate surface area is 173 Å². The van der Waals surface area contributed by atoms with Crippen LogP contribution < -0.4 is 15.0 Å². The summed E-state index contributed by atoms with van der Waals surface area (Å²) in [6.07, 6.45) is 2.86. The SMILES string of the molecule is COc1cccc(N(C)c2ccc3c(c2)CCC[C@H]3CNC(=O)OC(C)(C)C)n1. The molecule has 29 heavy (non-hydrogen) atoms. The highest BCUT2D eigenvalue weighted by Crippen LogP contribution is 2.35. The summed E-state index contributed by atoms with van der Waals surface area (Å²) in [6.45, 7) is 6.21. The maximum atomic E-state index is 12.0. The summed E-state index contributed by atoms with van der Waals surface area (Å²) in [6, 6.07) is 12.3. The molecule has 156 valence electrons. The van der Waals surface area contributed by atoms with Gasteiger partial charge in [0.1, 0.15) is 11.4 Å². The van der Waals surface area contributed by atoms with Gasteiger partial charge in [0.25, 0.3) is 0 Å². The number of benzene rings is 1. The minimum atomic E-state index is -0.484. The molecule has 0 aliphatic heterocycles. The van der Waals surface area contributed by atoms with Crippen LogP contribution in [0.1, 0.15) is 50.7 Å². The molecule has 6 heteroatoms. The van der Waals surface area contributed by atoms with Crippen LogP contribution in [0.3, 0.4) is 0 Å². The fourth-order valence-electron chi connectivity index (χ4n) is 3.68. The van der Waals surface area contributed by atoms with Crippen molar-refractivity contribution in [2.45, 2.75) is 51.6 Å². The molecule has 1 N–H and O–H groups in total. The molecule has 1 aromatic carbocycles. The van der Waals surface area contributed by atoms with Gasteiger partial charge in [-0.25, -0.2) is 4.79 Å². The van der Waals surface area contributed by atoms with Crippen molar-refractivity contribution in [1.29, 1.82) is 0 Å². The van der Waals surface area contributed by atoms with E-state index in [4.69, 9.17) is 9.47 Å². The lowest BCUT2D eigenvalue weighted by atomic mass is 9.82. The monoisotopic (exact) mass is 397 g/mol. The first-order chi connectivity index (χ1) is 13.8. The van der Waals surface area contributed by atoms with Crippen molar-refractivity contribution in [1.82, 2.24) is 10.3 Å². The average molecular weight is 398 g/mol. The minimum Gasteiger partial charge on any atom is -0.481 e. The second kappa shape index (κ2) is 8.72. The quantitative estimate of drug-likeness (QED) is 0.785. The number of fused-ring (bicyclic) bond motifs is 1. The summed E-state index contributed by atoms with van der Waals surface area (Å²) in [5.74, 6) is 1.74. The first-order valence-corrected chi connectivity index (χ1v) is 10.1. The number of hydrogen-bond acceptors (Lipinski definition) is 5. The molecule has 1 aromatic heterocycles. The lowest BCUT2D eigenvalue weighted by Gasteiger charge is -2.28. The van der Waals surface area contributed by atoms with Crippen molar-refractivity contribution in [3.63, 3.8) is 0 Å². The maximum Gasteiger partial charge on any atom is 0.407 e. The Balaban J connectivity index is 1.72. The zero-order valence-electron chi connectivity index (χ0n) is 18.0. The standard InChI is InChI=1S/C23H31N3O3/c1-23(2,3)29-22(27)24-15-17-9-6-8-16-14-18(12-13-19(16)17)26(4)20-10-7-11-21(25-20)28-5/h7,10-14,17H,6,8-9,15H2,1-5H3,(H,24,27)/t17-/m0/s1. The number of aryl methyl sites for hydroxylation is 1. The summed E-state index contributed by atoms with van der Waals surface area (Å²) >= 11 is 0. The van der Waals surface area contributed by atoms with Crippen molar-refractivity contribution in [2.24, 2.45) is 0 Å². The Hall–Kier alpha value is -2.76. The van der Waals surface area contributed by atoms with Crippen LogP contribution in [-0.4, -0.2) is 37.4 Å². The first-order valence-electron chi connectivity index (χ1n) is 10.1. The molecule has 0 fully saturated rings. The van der Waals surface area contributed by atoms with Crippen molar-refractivity contribution in [3.05, 3.63) is 47.5 Å². The van der Waals surface area contributed by atoms with Crippen LogP contribution in [0.15, 0.2) is 36.4 Å². The number of nitrogens with one attached hydrogen (secondary N) is 1. The van der Waals surface area contributed by atoms with Gasteiger partial charge in [0.15, 0.2) is 0 Å². The van der Waals surface area contributed by atoms with Crippen LogP contribution in [0.5, 0.6) is 5.88 Å². The van der Waals surface area contributed by atoms with E-state index >= 15 is 0 Å². The molecule has 1 atom stereocenters. The maximum absolute atomic E-state index is 12.0. The third-order valence-corrected chi connectivity index (χ3v) is 5.11. The Morgan fingerprint density at radius 3 is 2.79 bits per heavy atom. The fraction of sp³-hybridized carbons (Fsp3) is 0.478. The highest BCUT2D eigenvalue weighted by atomic mass is 16.6. The second-order valence-corrected chi connectivity index (χ2v) is 8.45. The number of nitrogens with zero attached hydrogens (tertiary/aromatic N) is 2. The van der Waals surface area contributed by atoms with Gasteiger partial charge in [0.2, 0.25) is 5.88 Å². The lowest BCUT2D eigenvalue weighted by Crippen LogP contribution is -2.35. The van der Waals surface area contributed by atoms with Gasteiger partial charge < -0.3 is 19.7 Å². The van der Waals surface area contributed by atoms with Gasteiger partial charge in [-0.15, -0.1) is 0 Å². The van der Waals surface area contributed by atoms with Gasteiger partial charge in [0.05, 0.1) is 7.11 Å². The zero-order valence-corrected chi connectivity index (χ0v) is 18.0. The van der Waals surface area contributed by atoms with Gasteiger partial charge >= 0.3 is 6.09 Å². The van der Waals surface area contributed by atoms with E-state index in [-0.39, 0.29) is 6.09 Å². The van der Waals surface area contributed by atoms with Crippen molar-refractivity contribution >= 4 is 17.6 Å². The topological polar surface area (TPSA) is 63.7 Å². The zero-order chi connectivity index (χ0) is 21.0. The van der Waals surface area contributed by atoms with E-state index in [0.29, 0.717) is 18.3 Å². The van der Waals surface area contributed by atoms with Crippen molar-refractivity contribution < 1.29 is 14.3 Å². The van der Waals surface area contributed by atoms with E-state index in [2.05, 4.69) is 33.4 Å². The Morgan fingerprint density at radius 2 is 2.07 bits per heavy atom. The summed E-state index contributed by atoms with van der Waals surface area (Å²) in [5.41, 5.74) is 3.25. The van der Waals surface area contributed by atoms with Gasteiger partial charge in [-0.1, -0.05) is 12.1 Å². The number of alkyl carbamates (subject to hydrolysis) is 1. The second-order valence-electron chi connectivity index (χ2n) is 8.45. The normalized spacial score (nSPS) is 16.0. The van der Waals surface area contributed by atoms with E-state index in [0.717, 1.165) is 30.8 Å². The summed E-state index contributed by atoms with van der Waals surface area (Å²) in [4.78, 5) is 18.6. The number of anilines is 2. The molecule has 0 saturated heterocycles. The molecular formula is C23H31N3O3. The van der Waals surface area contributed by atoms with Gasteiger partial charge in [0, 0.05) is 31.3 Å². The molecule has 0 spiro atoms. The van der Waals surface area contributed by atoms with Crippen LogP contribution in [0, 0.1) is 0 Å². The average Bonchev–Trinajstić information content (AvgIpc) is 2.70. The van der Waals surface area contributed by atoms with E-state index in [1.807, 2.05) is 46.0 Å². The Bertz CT molecular complexity index is 861. The molecule has 2 aromatic rings. The molecule has 1 amide bonds. The summed E-state index contributed by atoms with van der Waals surface area (Å²) in [7, 11) is 3.63. The molecule has 3 rings (SSSR count). The smallest absolute Gasteiger partial charge is 0.407 e. The molecular weight excluding hydrogens is 366 g/mol. The number of pyridine rings is 1. The number of hydrogen-bond donors (Lipinski definition) is 1. The third-order valence-electron chi connectivity index (χ3n) is 5.11. The van der Waals surface area contributed by atoms with Crippen LogP contribution >= 0.6 is 0 Å². The van der Waals surface area contributed by atoms with E-state index in [1.54, 1.807) is 7.11 Å². The highest BCUT2D eigenvalue weighted by Gasteiger charge is 2.23. The van der Waals surface area contributed by atoms with Gasteiger partial charge in [-0.05, 0) is 69.4 Å². The molecule has 0 saturated carbocycles. The number of carbonyl (C=O) groups is 1. The predicted octanol–water partition coefficient (Wildman–Crippen LogP) is 4.80. The Kier molecular flexibility index (Phi) is 6.30. The van der Waals surface area contributed by atoms with Crippen molar-refractivity contribution in [2.75, 3.05) is 25.6 Å². The summed E-state index contributed by atoms with van der Waals surface area (Å²) in [5, 5.41) is 2.93. The van der Waals surface area contributed by atoms with E-state index < -0.39 is 5.60 Å². The molecule has 0 unspecified atom stereocenters. The third kappa shape index (κ3) is 5.40. The Morgan fingerprint density at radius 1 is 1.28 bits per heavy atom. The van der Waals surface area contributed by atoms with E-state index in [9.17, 15) is 4.79 Å². The first kappa shape index (κ1) is 21.0. The number of ether oxygens (including phenoxy) is 2. The number of amides is 1. The lowest BCUT2D eigenvalue weighted by molar-refractivity contribution is 0.0523. The largest absolute Gasteiger partial charge is 0.481 e. The number of aromatic nitrogens is 1. The molecule has 0 radical (unpaired) electrons. The predicted molar refractivity (Wildman–Crippen MR) is 115 cm³/mol. The highest BCUT2D eigenvalue weighted by molar-refractivity contribution is 5.68. The van der Waals surface area contributed by atoms with Crippen LogP contribution in [-0.2, 0) is 11.2 Å². The summed E-state index contributed by atoms with van der Waals surface area (Å²) < 4.78 is 10.6. The van der Waals surface area contributed by atoms with E-state index in [1.165, 1.54) is 11.1 Å². The van der Waals surface area contributed by atoms with Gasteiger partial charge in [-0.3, -0.25) is 0 Å². The molecule has 0 bridgehead atoms. The van der Waals surface area contributed by atoms with Crippen LogP contribution in [0.2, 0.25) is 0 Å².